The van der Waals surface area contributed by atoms with Crippen LogP contribution in [0.2, 0.25) is 0 Å². The van der Waals surface area contributed by atoms with E-state index in [1.54, 1.807) is 10.9 Å². The Balaban J connectivity index is 1.57. The van der Waals surface area contributed by atoms with E-state index < -0.39 is 9.84 Å². The number of aromatic nitrogens is 3. The molecule has 0 aliphatic carbocycles. The first-order chi connectivity index (χ1) is 11.0. The number of rotatable bonds is 3. The van der Waals surface area contributed by atoms with Crippen LogP contribution in [0.1, 0.15) is 5.56 Å². The van der Waals surface area contributed by atoms with Crippen molar-refractivity contribution in [1.29, 1.82) is 0 Å². The van der Waals surface area contributed by atoms with Crippen LogP contribution < -0.4 is 5.32 Å². The van der Waals surface area contributed by atoms with Crippen LogP contribution in [0.15, 0.2) is 36.5 Å². The third kappa shape index (κ3) is 4.07. The summed E-state index contributed by atoms with van der Waals surface area (Å²) in [6.45, 7) is 0.963. The summed E-state index contributed by atoms with van der Waals surface area (Å²) in [7, 11) is -3.01. The van der Waals surface area contributed by atoms with Crippen LogP contribution in [0, 0.1) is 0 Å². The molecule has 2 aromatic rings. The Morgan fingerprint density at radius 2 is 1.87 bits per heavy atom. The molecule has 3 rings (SSSR count). The number of carbonyl (C=O) groups is 1. The van der Waals surface area contributed by atoms with Crippen LogP contribution in [0.5, 0.6) is 0 Å². The zero-order valence-corrected chi connectivity index (χ0v) is 13.2. The summed E-state index contributed by atoms with van der Waals surface area (Å²) in [6, 6.07) is 9.43. The molecule has 0 saturated carbocycles. The van der Waals surface area contributed by atoms with Crippen molar-refractivity contribution in [3.63, 3.8) is 0 Å². The van der Waals surface area contributed by atoms with E-state index in [2.05, 4.69) is 15.6 Å². The number of nitrogens with one attached hydrogen (secondary N) is 1. The van der Waals surface area contributed by atoms with E-state index in [1.165, 1.54) is 4.90 Å². The van der Waals surface area contributed by atoms with Gasteiger partial charge in [-0.3, -0.25) is 5.32 Å². The van der Waals surface area contributed by atoms with Crippen molar-refractivity contribution in [3.8, 4) is 0 Å². The van der Waals surface area contributed by atoms with E-state index >= 15 is 0 Å². The number of anilines is 1. The fourth-order valence-corrected chi connectivity index (χ4v) is 3.51. The van der Waals surface area contributed by atoms with E-state index in [-0.39, 0.29) is 30.6 Å². The highest BCUT2D eigenvalue weighted by molar-refractivity contribution is 7.91. The minimum Gasteiger partial charge on any atom is -0.322 e. The fraction of sp³-hybridized carbons (Fsp3) is 0.357. The van der Waals surface area contributed by atoms with Gasteiger partial charge in [-0.05, 0) is 5.56 Å². The molecular formula is C14H17N5O3S. The van der Waals surface area contributed by atoms with Crippen LogP contribution >= 0.6 is 0 Å². The number of carbonyl (C=O) groups excluding carboxylic acids is 1. The number of sulfone groups is 1. The summed E-state index contributed by atoms with van der Waals surface area (Å²) < 4.78 is 24.4. The molecule has 1 aliphatic heterocycles. The molecule has 2 heterocycles. The predicted molar refractivity (Wildman–Crippen MR) is 84.8 cm³/mol. The standard InChI is InChI=1S/C14H17N5O3S/c20-14(18-6-8-23(21,22)9-7-18)15-13-11-19(17-16-13)10-12-4-2-1-3-5-12/h1-5,11H,6-10H2,(H,15,20). The topological polar surface area (TPSA) is 97.2 Å². The Hall–Kier alpha value is -2.42. The summed E-state index contributed by atoms with van der Waals surface area (Å²) in [6.07, 6.45) is 1.64. The van der Waals surface area contributed by atoms with Crippen molar-refractivity contribution >= 4 is 21.7 Å². The average molecular weight is 335 g/mol. The molecule has 9 heteroatoms. The smallest absolute Gasteiger partial charge is 0.322 e. The van der Waals surface area contributed by atoms with Crippen LogP contribution in [-0.2, 0) is 16.4 Å². The number of benzene rings is 1. The van der Waals surface area contributed by atoms with Crippen molar-refractivity contribution < 1.29 is 13.2 Å². The Bertz CT molecular complexity index is 774. The SMILES string of the molecule is O=C(Nc1cn(Cc2ccccc2)nn1)N1CCS(=O)(=O)CC1. The molecule has 1 aliphatic rings. The number of amides is 2. The minimum atomic E-state index is -3.01. The van der Waals surface area contributed by atoms with E-state index in [1.807, 2.05) is 30.3 Å². The molecule has 1 aromatic heterocycles. The molecule has 122 valence electrons. The second-order valence-corrected chi connectivity index (χ2v) is 7.66. The molecule has 1 N–H and O–H groups in total. The summed E-state index contributed by atoms with van der Waals surface area (Å²) in [5.41, 5.74) is 1.08. The lowest BCUT2D eigenvalue weighted by molar-refractivity contribution is 0.216. The molecule has 0 spiro atoms. The van der Waals surface area contributed by atoms with E-state index in [4.69, 9.17) is 0 Å². The molecule has 0 atom stereocenters. The zero-order valence-electron chi connectivity index (χ0n) is 12.4. The largest absolute Gasteiger partial charge is 0.323 e. The predicted octanol–water partition coefficient (Wildman–Crippen LogP) is 0.589. The Labute approximate surface area is 134 Å². The second-order valence-electron chi connectivity index (χ2n) is 5.36. The number of hydrogen-bond acceptors (Lipinski definition) is 5. The lowest BCUT2D eigenvalue weighted by atomic mass is 10.2. The van der Waals surface area contributed by atoms with Gasteiger partial charge in [-0.1, -0.05) is 35.5 Å². The summed E-state index contributed by atoms with van der Waals surface area (Å²) in [5, 5.41) is 10.5. The van der Waals surface area contributed by atoms with Gasteiger partial charge in [-0.2, -0.15) is 0 Å². The van der Waals surface area contributed by atoms with E-state index in [0.29, 0.717) is 12.4 Å². The highest BCUT2D eigenvalue weighted by atomic mass is 32.2. The summed E-state index contributed by atoms with van der Waals surface area (Å²) >= 11 is 0. The first kappa shape index (κ1) is 15.5. The van der Waals surface area contributed by atoms with Gasteiger partial charge in [0.05, 0.1) is 24.2 Å². The minimum absolute atomic E-state index is 0.00111. The molecule has 8 nitrogen and oxygen atoms in total. The Kier molecular flexibility index (Phi) is 4.28. The number of urea groups is 1. The van der Waals surface area contributed by atoms with Crippen molar-refractivity contribution in [3.05, 3.63) is 42.1 Å². The molecule has 0 unspecified atom stereocenters. The van der Waals surface area contributed by atoms with Gasteiger partial charge in [0.1, 0.15) is 0 Å². The van der Waals surface area contributed by atoms with Gasteiger partial charge in [0.15, 0.2) is 15.7 Å². The molecule has 1 aromatic carbocycles. The van der Waals surface area contributed by atoms with Crippen LogP contribution in [-0.4, -0.2) is 58.9 Å². The van der Waals surface area contributed by atoms with Crippen molar-refractivity contribution in [2.24, 2.45) is 0 Å². The highest BCUT2D eigenvalue weighted by Gasteiger charge is 2.25. The maximum absolute atomic E-state index is 12.1. The zero-order chi connectivity index (χ0) is 16.3. The maximum Gasteiger partial charge on any atom is 0.323 e. The molecule has 1 saturated heterocycles. The first-order valence-corrected chi connectivity index (χ1v) is 9.04. The van der Waals surface area contributed by atoms with E-state index in [0.717, 1.165) is 5.56 Å². The van der Waals surface area contributed by atoms with Crippen LogP contribution in [0.25, 0.3) is 0 Å². The number of hydrogen-bond donors (Lipinski definition) is 1. The Morgan fingerprint density at radius 1 is 1.17 bits per heavy atom. The molecule has 1 fully saturated rings. The van der Waals surface area contributed by atoms with Crippen LogP contribution in [0.4, 0.5) is 10.6 Å². The summed E-state index contributed by atoms with van der Waals surface area (Å²) in [4.78, 5) is 13.6. The monoisotopic (exact) mass is 335 g/mol. The lowest BCUT2D eigenvalue weighted by Crippen LogP contribution is -2.45. The van der Waals surface area contributed by atoms with Gasteiger partial charge in [0.2, 0.25) is 0 Å². The normalized spacial score (nSPS) is 17.0. The number of nitrogens with zero attached hydrogens (tertiary/aromatic N) is 4. The maximum atomic E-state index is 12.1. The molecule has 23 heavy (non-hydrogen) atoms. The molecular weight excluding hydrogens is 318 g/mol. The van der Waals surface area contributed by atoms with Gasteiger partial charge in [-0.15, -0.1) is 5.10 Å². The van der Waals surface area contributed by atoms with Crippen molar-refractivity contribution in [2.45, 2.75) is 6.54 Å². The van der Waals surface area contributed by atoms with Crippen molar-refractivity contribution in [2.75, 3.05) is 29.9 Å². The molecule has 2 amide bonds. The van der Waals surface area contributed by atoms with Crippen LogP contribution in [0.3, 0.4) is 0 Å². The van der Waals surface area contributed by atoms with E-state index in [9.17, 15) is 13.2 Å². The van der Waals surface area contributed by atoms with Gasteiger partial charge >= 0.3 is 6.03 Å². The van der Waals surface area contributed by atoms with Crippen molar-refractivity contribution in [1.82, 2.24) is 19.9 Å². The average Bonchev–Trinajstić information content (AvgIpc) is 2.95. The third-order valence-corrected chi connectivity index (χ3v) is 5.20. The highest BCUT2D eigenvalue weighted by Crippen LogP contribution is 2.08. The van der Waals surface area contributed by atoms with Gasteiger partial charge < -0.3 is 4.90 Å². The first-order valence-electron chi connectivity index (χ1n) is 7.22. The van der Waals surface area contributed by atoms with Gasteiger partial charge in [-0.25, -0.2) is 17.9 Å². The lowest BCUT2D eigenvalue weighted by Gasteiger charge is -2.26. The third-order valence-electron chi connectivity index (χ3n) is 3.59. The van der Waals surface area contributed by atoms with Gasteiger partial charge in [0.25, 0.3) is 0 Å². The Morgan fingerprint density at radius 3 is 2.57 bits per heavy atom. The quantitative estimate of drug-likeness (QED) is 0.885. The second kappa shape index (κ2) is 6.37. The fourth-order valence-electron chi connectivity index (χ4n) is 2.31. The molecule has 0 bridgehead atoms. The molecule has 0 radical (unpaired) electrons. The summed E-state index contributed by atoms with van der Waals surface area (Å²) in [5.74, 6) is 0.349. The van der Waals surface area contributed by atoms with Gasteiger partial charge in [0, 0.05) is 13.1 Å².